The number of nitrogens with two attached hydrogens (primary N) is 2. The fourth-order valence-electron chi connectivity index (χ4n) is 2.08. The maximum atomic E-state index is 9.63. The lowest BCUT2D eigenvalue weighted by Gasteiger charge is -2.02. The summed E-state index contributed by atoms with van der Waals surface area (Å²) in [4.78, 5) is 8.12. The number of aryl methyl sites for hydroxylation is 1. The van der Waals surface area contributed by atoms with Crippen molar-refractivity contribution >= 4 is 22.5 Å². The minimum absolute atomic E-state index is 0.0734. The van der Waals surface area contributed by atoms with Crippen molar-refractivity contribution in [3.63, 3.8) is 0 Å². The summed E-state index contributed by atoms with van der Waals surface area (Å²) in [5.74, 6) is 0.416. The Hall–Kier alpha value is -2.83. The summed E-state index contributed by atoms with van der Waals surface area (Å²) in [6, 6.07) is 4.76. The van der Waals surface area contributed by atoms with Crippen LogP contribution in [0.4, 0.5) is 11.5 Å². The number of aromatic nitrogens is 4. The van der Waals surface area contributed by atoms with Crippen molar-refractivity contribution in [1.29, 1.82) is 0 Å². The molecule has 0 aliphatic carbocycles. The molecule has 2 aromatic heterocycles. The Kier molecular flexibility index (Phi) is 2.28. The molecule has 3 aromatic rings. The van der Waals surface area contributed by atoms with Gasteiger partial charge in [0.05, 0.1) is 5.39 Å². The van der Waals surface area contributed by atoms with Gasteiger partial charge in [-0.15, -0.1) is 0 Å². The van der Waals surface area contributed by atoms with E-state index in [0.29, 0.717) is 33.8 Å². The van der Waals surface area contributed by atoms with Crippen LogP contribution in [0.1, 0.15) is 0 Å². The van der Waals surface area contributed by atoms with Gasteiger partial charge >= 0.3 is 0 Å². The fraction of sp³-hybridized carbons (Fsp3) is 0.0833. The van der Waals surface area contributed by atoms with Crippen LogP contribution in [0.3, 0.4) is 0 Å². The summed E-state index contributed by atoms with van der Waals surface area (Å²) in [7, 11) is 1.77. The molecular formula is C12H12N6O. The first-order valence-electron chi connectivity index (χ1n) is 5.59. The van der Waals surface area contributed by atoms with Gasteiger partial charge in [-0.1, -0.05) is 0 Å². The van der Waals surface area contributed by atoms with Crippen molar-refractivity contribution in [1.82, 2.24) is 19.7 Å². The Morgan fingerprint density at radius 3 is 2.68 bits per heavy atom. The zero-order valence-electron chi connectivity index (χ0n) is 10.2. The monoisotopic (exact) mass is 256 g/mol. The zero-order chi connectivity index (χ0) is 13.6. The van der Waals surface area contributed by atoms with Crippen LogP contribution >= 0.6 is 0 Å². The summed E-state index contributed by atoms with van der Waals surface area (Å²) in [6.45, 7) is 0. The molecule has 0 spiro atoms. The summed E-state index contributed by atoms with van der Waals surface area (Å²) in [5, 5.41) is 14.6. The van der Waals surface area contributed by atoms with Crippen LogP contribution in [0.15, 0.2) is 24.5 Å². The lowest BCUT2D eigenvalue weighted by molar-refractivity contribution is 0.476. The molecule has 7 heteroatoms. The lowest BCUT2D eigenvalue weighted by Crippen LogP contribution is -1.95. The van der Waals surface area contributed by atoms with Crippen LogP contribution in [0, 0.1) is 0 Å². The third-order valence-electron chi connectivity index (χ3n) is 2.86. The molecule has 0 saturated carbocycles. The molecule has 0 radical (unpaired) electrons. The van der Waals surface area contributed by atoms with Crippen LogP contribution in [-0.4, -0.2) is 24.9 Å². The summed E-state index contributed by atoms with van der Waals surface area (Å²) in [6.07, 6.45) is 1.39. The van der Waals surface area contributed by atoms with E-state index in [-0.39, 0.29) is 5.75 Å². The Morgan fingerprint density at radius 2 is 1.95 bits per heavy atom. The number of phenolic OH excluding ortho intramolecular Hbond substituents is 1. The molecule has 0 amide bonds. The molecule has 7 nitrogen and oxygen atoms in total. The van der Waals surface area contributed by atoms with Crippen molar-refractivity contribution in [3.05, 3.63) is 24.5 Å². The first kappa shape index (κ1) is 11.3. The molecule has 1 aromatic carbocycles. The van der Waals surface area contributed by atoms with Gasteiger partial charge < -0.3 is 16.6 Å². The van der Waals surface area contributed by atoms with E-state index in [9.17, 15) is 5.11 Å². The average Bonchev–Trinajstić information content (AvgIpc) is 2.67. The molecule has 0 bridgehead atoms. The number of aromatic hydroxyl groups is 1. The van der Waals surface area contributed by atoms with Crippen LogP contribution in [0.5, 0.6) is 5.75 Å². The van der Waals surface area contributed by atoms with Crippen molar-refractivity contribution in [2.75, 3.05) is 11.5 Å². The minimum atomic E-state index is 0.0734. The minimum Gasteiger partial charge on any atom is -0.508 e. The third-order valence-corrected chi connectivity index (χ3v) is 2.86. The van der Waals surface area contributed by atoms with Gasteiger partial charge in [0.25, 0.3) is 0 Å². The second-order valence-electron chi connectivity index (χ2n) is 4.24. The number of anilines is 2. The molecule has 0 aliphatic rings. The predicted molar refractivity (Wildman–Crippen MR) is 72.2 cm³/mol. The van der Waals surface area contributed by atoms with E-state index in [0.717, 1.165) is 0 Å². The third kappa shape index (κ3) is 1.71. The van der Waals surface area contributed by atoms with Crippen LogP contribution < -0.4 is 11.5 Å². The lowest BCUT2D eigenvalue weighted by atomic mass is 10.1. The molecule has 0 unspecified atom stereocenters. The van der Waals surface area contributed by atoms with Crippen molar-refractivity contribution in [2.45, 2.75) is 0 Å². The molecular weight excluding hydrogens is 244 g/mol. The molecule has 3 rings (SSSR count). The van der Waals surface area contributed by atoms with Crippen LogP contribution in [-0.2, 0) is 7.05 Å². The van der Waals surface area contributed by atoms with Gasteiger partial charge in [0.15, 0.2) is 5.65 Å². The van der Waals surface area contributed by atoms with E-state index in [1.807, 2.05) is 0 Å². The van der Waals surface area contributed by atoms with Crippen molar-refractivity contribution in [2.24, 2.45) is 7.05 Å². The maximum absolute atomic E-state index is 9.63. The number of rotatable bonds is 1. The van der Waals surface area contributed by atoms with Gasteiger partial charge in [-0.05, 0) is 12.1 Å². The topological polar surface area (TPSA) is 116 Å². The Bertz CT molecular complexity index is 759. The summed E-state index contributed by atoms with van der Waals surface area (Å²) >= 11 is 0. The number of nitrogen functional groups attached to an aromatic ring is 2. The highest BCUT2D eigenvalue weighted by atomic mass is 16.3. The van der Waals surface area contributed by atoms with Crippen molar-refractivity contribution in [3.8, 4) is 17.0 Å². The quantitative estimate of drug-likeness (QED) is 0.557. The van der Waals surface area contributed by atoms with E-state index >= 15 is 0 Å². The van der Waals surface area contributed by atoms with Gasteiger partial charge in [0, 0.05) is 24.4 Å². The number of phenols is 1. The van der Waals surface area contributed by atoms with Gasteiger partial charge in [-0.25, -0.2) is 14.6 Å². The normalized spacial score (nSPS) is 11.0. The summed E-state index contributed by atoms with van der Waals surface area (Å²) in [5.41, 5.74) is 14.0. The number of nitrogens with zero attached hydrogens (tertiary/aromatic N) is 4. The average molecular weight is 256 g/mol. The Morgan fingerprint density at radius 1 is 1.16 bits per heavy atom. The predicted octanol–water partition coefficient (Wildman–Crippen LogP) is 0.900. The SMILES string of the molecule is Cn1nc(-c2cc(N)cc(O)c2)c2c(N)ncnc21. The van der Waals surface area contributed by atoms with E-state index in [1.165, 1.54) is 12.4 Å². The highest BCUT2D eigenvalue weighted by molar-refractivity contribution is 5.98. The number of benzene rings is 1. The van der Waals surface area contributed by atoms with Gasteiger partial charge in [0.1, 0.15) is 23.6 Å². The molecule has 0 atom stereocenters. The molecule has 96 valence electrons. The number of hydrogen-bond donors (Lipinski definition) is 3. The first-order chi connectivity index (χ1) is 9.06. The number of hydrogen-bond acceptors (Lipinski definition) is 6. The van der Waals surface area contributed by atoms with E-state index in [1.54, 1.807) is 23.9 Å². The fourth-order valence-corrected chi connectivity index (χ4v) is 2.08. The van der Waals surface area contributed by atoms with Crippen LogP contribution in [0.2, 0.25) is 0 Å². The van der Waals surface area contributed by atoms with E-state index in [2.05, 4.69) is 15.1 Å². The van der Waals surface area contributed by atoms with Gasteiger partial charge in [0.2, 0.25) is 0 Å². The number of fused-ring (bicyclic) bond motifs is 1. The standard InChI is InChI=1S/C12H12N6O/c1-18-12-9(11(14)15-5-16-12)10(17-18)6-2-7(13)4-8(19)3-6/h2-5,19H,13H2,1H3,(H2,14,15,16). The van der Waals surface area contributed by atoms with Crippen molar-refractivity contribution < 1.29 is 5.11 Å². The van der Waals surface area contributed by atoms with Crippen LogP contribution in [0.25, 0.3) is 22.3 Å². The smallest absolute Gasteiger partial charge is 0.163 e. The van der Waals surface area contributed by atoms with E-state index in [4.69, 9.17) is 11.5 Å². The second-order valence-corrected chi connectivity index (χ2v) is 4.24. The maximum Gasteiger partial charge on any atom is 0.163 e. The highest BCUT2D eigenvalue weighted by Crippen LogP contribution is 2.32. The molecule has 5 N–H and O–H groups in total. The van der Waals surface area contributed by atoms with Gasteiger partial charge in [-0.3, -0.25) is 0 Å². The zero-order valence-corrected chi connectivity index (χ0v) is 10.2. The van der Waals surface area contributed by atoms with E-state index < -0.39 is 0 Å². The summed E-state index contributed by atoms with van der Waals surface area (Å²) < 4.78 is 1.61. The first-order valence-corrected chi connectivity index (χ1v) is 5.59. The Balaban J connectivity index is 2.36. The largest absolute Gasteiger partial charge is 0.508 e. The second kappa shape index (κ2) is 3.84. The molecule has 2 heterocycles. The molecule has 0 aliphatic heterocycles. The molecule has 19 heavy (non-hydrogen) atoms. The Labute approximate surface area is 108 Å². The van der Waals surface area contributed by atoms with Gasteiger partial charge in [-0.2, -0.15) is 5.10 Å². The molecule has 0 fully saturated rings. The highest BCUT2D eigenvalue weighted by Gasteiger charge is 2.15. The molecule has 0 saturated heterocycles.